The SMILES string of the molecule is Cl[C@@H]1C2C3CC1[C@@H](Cl)C32. The predicted octanol–water partition coefficient (Wildman–Crippen LogP) is 2.10. The summed E-state index contributed by atoms with van der Waals surface area (Å²) in [5.41, 5.74) is 0. The predicted molar refractivity (Wildman–Crippen MR) is 37.9 cm³/mol. The number of rotatable bonds is 0. The molecule has 0 aromatic heterocycles. The fraction of sp³-hybridized carbons (Fsp3) is 1.00. The van der Waals surface area contributed by atoms with Crippen LogP contribution in [-0.4, -0.2) is 10.8 Å². The van der Waals surface area contributed by atoms with Crippen molar-refractivity contribution in [3.05, 3.63) is 0 Å². The Bertz CT molecular complexity index is 148. The molecule has 4 unspecified atom stereocenters. The molecule has 0 heterocycles. The van der Waals surface area contributed by atoms with E-state index >= 15 is 0 Å². The molecular formula is C7H8Cl2. The molecule has 0 N–H and O–H groups in total. The average molecular weight is 163 g/mol. The van der Waals surface area contributed by atoms with Crippen LogP contribution in [0.5, 0.6) is 0 Å². The summed E-state index contributed by atoms with van der Waals surface area (Å²) in [6.07, 6.45) is 1.33. The van der Waals surface area contributed by atoms with Crippen LogP contribution in [0.25, 0.3) is 0 Å². The van der Waals surface area contributed by atoms with Crippen LogP contribution in [0.2, 0.25) is 0 Å². The van der Waals surface area contributed by atoms with Crippen LogP contribution in [0.4, 0.5) is 0 Å². The summed E-state index contributed by atoms with van der Waals surface area (Å²) in [6.45, 7) is 0. The van der Waals surface area contributed by atoms with Gasteiger partial charge in [0.2, 0.25) is 0 Å². The maximum atomic E-state index is 6.11. The van der Waals surface area contributed by atoms with Gasteiger partial charge in [0, 0.05) is 10.8 Å². The van der Waals surface area contributed by atoms with E-state index in [0.717, 1.165) is 17.8 Å². The van der Waals surface area contributed by atoms with E-state index < -0.39 is 0 Å². The van der Waals surface area contributed by atoms with E-state index in [2.05, 4.69) is 0 Å². The van der Waals surface area contributed by atoms with Crippen molar-refractivity contribution < 1.29 is 0 Å². The molecule has 0 aromatic carbocycles. The quantitative estimate of drug-likeness (QED) is 0.479. The van der Waals surface area contributed by atoms with E-state index in [-0.39, 0.29) is 0 Å². The second-order valence-corrected chi connectivity index (χ2v) is 4.61. The van der Waals surface area contributed by atoms with Crippen molar-refractivity contribution in [3.8, 4) is 0 Å². The maximum Gasteiger partial charge on any atom is 0.0412 e. The van der Waals surface area contributed by atoms with Gasteiger partial charge in [-0.1, -0.05) is 0 Å². The number of hydrogen-bond donors (Lipinski definition) is 0. The first-order valence-electron chi connectivity index (χ1n) is 3.59. The lowest BCUT2D eigenvalue weighted by Crippen LogP contribution is -2.10. The first-order valence-corrected chi connectivity index (χ1v) is 4.46. The monoisotopic (exact) mass is 162 g/mol. The van der Waals surface area contributed by atoms with E-state index in [1.54, 1.807) is 0 Å². The topological polar surface area (TPSA) is 0 Å². The number of hydrogen-bond acceptors (Lipinski definition) is 0. The zero-order valence-corrected chi connectivity index (χ0v) is 6.44. The normalized spacial score (nSPS) is 75.3. The molecule has 4 aliphatic carbocycles. The molecule has 0 aromatic rings. The maximum absolute atomic E-state index is 6.11. The molecule has 0 amide bonds. The van der Waals surface area contributed by atoms with Crippen LogP contribution in [0.3, 0.4) is 0 Å². The van der Waals surface area contributed by atoms with E-state index in [1.165, 1.54) is 6.42 Å². The van der Waals surface area contributed by atoms with E-state index in [4.69, 9.17) is 23.2 Å². The largest absolute Gasteiger partial charge is 0.122 e. The molecule has 2 heteroatoms. The highest BCUT2D eigenvalue weighted by Gasteiger charge is 2.72. The second kappa shape index (κ2) is 1.29. The minimum absolute atomic E-state index is 0.447. The van der Waals surface area contributed by atoms with Crippen LogP contribution in [0.1, 0.15) is 6.42 Å². The van der Waals surface area contributed by atoms with Crippen molar-refractivity contribution in [2.75, 3.05) is 0 Å². The summed E-state index contributed by atoms with van der Waals surface area (Å²) in [7, 11) is 0. The molecule has 4 fully saturated rings. The molecule has 4 aliphatic rings. The average Bonchev–Trinajstić information content (AvgIpc) is 2.18. The minimum atomic E-state index is 0.447. The third-order valence-corrected chi connectivity index (χ3v) is 4.62. The van der Waals surface area contributed by atoms with Gasteiger partial charge in [-0.3, -0.25) is 0 Å². The van der Waals surface area contributed by atoms with E-state index in [1.807, 2.05) is 0 Å². The van der Waals surface area contributed by atoms with Crippen molar-refractivity contribution in [1.82, 2.24) is 0 Å². The molecule has 6 atom stereocenters. The molecule has 50 valence electrons. The molecule has 0 saturated heterocycles. The van der Waals surface area contributed by atoms with E-state index in [0.29, 0.717) is 16.7 Å². The van der Waals surface area contributed by atoms with Crippen molar-refractivity contribution in [2.24, 2.45) is 23.7 Å². The van der Waals surface area contributed by atoms with Crippen LogP contribution < -0.4 is 0 Å². The van der Waals surface area contributed by atoms with Gasteiger partial charge in [-0.2, -0.15) is 0 Å². The van der Waals surface area contributed by atoms with Gasteiger partial charge in [0.05, 0.1) is 0 Å². The Hall–Kier alpha value is 0.580. The zero-order chi connectivity index (χ0) is 6.17. The second-order valence-electron chi connectivity index (χ2n) is 3.61. The number of alkyl halides is 2. The molecular weight excluding hydrogens is 155 g/mol. The van der Waals surface area contributed by atoms with Crippen LogP contribution >= 0.6 is 23.2 Å². The highest BCUT2D eigenvalue weighted by atomic mass is 35.5. The van der Waals surface area contributed by atoms with Crippen molar-refractivity contribution in [2.45, 2.75) is 17.2 Å². The van der Waals surface area contributed by atoms with Gasteiger partial charge >= 0.3 is 0 Å². The van der Waals surface area contributed by atoms with Crippen molar-refractivity contribution in [3.63, 3.8) is 0 Å². The molecule has 0 aliphatic heterocycles. The Morgan fingerprint density at radius 2 is 1.44 bits per heavy atom. The van der Waals surface area contributed by atoms with Gasteiger partial charge in [0.15, 0.2) is 0 Å². The molecule has 9 heavy (non-hydrogen) atoms. The third kappa shape index (κ3) is 0.397. The van der Waals surface area contributed by atoms with Crippen LogP contribution in [-0.2, 0) is 0 Å². The molecule has 4 rings (SSSR count). The van der Waals surface area contributed by atoms with Crippen molar-refractivity contribution in [1.29, 1.82) is 0 Å². The molecule has 0 radical (unpaired) electrons. The summed E-state index contributed by atoms with van der Waals surface area (Å²) in [4.78, 5) is 0. The van der Waals surface area contributed by atoms with Gasteiger partial charge in [0.1, 0.15) is 0 Å². The Balaban J connectivity index is 2.07. The third-order valence-electron chi connectivity index (χ3n) is 3.39. The Morgan fingerprint density at radius 1 is 0.889 bits per heavy atom. The van der Waals surface area contributed by atoms with E-state index in [9.17, 15) is 0 Å². The summed E-state index contributed by atoms with van der Waals surface area (Å²) in [5.74, 6) is 3.28. The molecule has 4 saturated carbocycles. The van der Waals surface area contributed by atoms with Gasteiger partial charge < -0.3 is 0 Å². The molecule has 0 spiro atoms. The van der Waals surface area contributed by atoms with Crippen LogP contribution in [0, 0.1) is 23.7 Å². The standard InChI is InChI=1S/C7H8Cl2/c8-6-3-1-2-4(6)5(2)7(3)9/h2-7H,1H2/t2?,3?,4?,5?,6-,7+. The molecule has 0 nitrogen and oxygen atoms in total. The van der Waals surface area contributed by atoms with Gasteiger partial charge in [-0.25, -0.2) is 0 Å². The zero-order valence-electron chi connectivity index (χ0n) is 4.93. The lowest BCUT2D eigenvalue weighted by molar-refractivity contribution is 0.616. The van der Waals surface area contributed by atoms with Gasteiger partial charge in [0.25, 0.3) is 0 Å². The highest BCUT2D eigenvalue weighted by Crippen LogP contribution is 2.73. The minimum Gasteiger partial charge on any atom is -0.122 e. The lowest BCUT2D eigenvalue weighted by atomic mass is 10.1. The van der Waals surface area contributed by atoms with Crippen LogP contribution in [0.15, 0.2) is 0 Å². The highest BCUT2D eigenvalue weighted by molar-refractivity contribution is 6.26. The first kappa shape index (κ1) is 5.26. The summed E-state index contributed by atoms with van der Waals surface area (Å²) in [5, 5.41) is 0.894. The van der Waals surface area contributed by atoms with Gasteiger partial charge in [-0.05, 0) is 30.1 Å². The fourth-order valence-corrected chi connectivity index (χ4v) is 4.26. The first-order chi connectivity index (χ1) is 4.30. The fourth-order valence-electron chi connectivity index (χ4n) is 2.96. The Labute approximate surface area is 64.5 Å². The van der Waals surface area contributed by atoms with Gasteiger partial charge in [-0.15, -0.1) is 23.2 Å². The summed E-state index contributed by atoms with van der Waals surface area (Å²) >= 11 is 12.2. The van der Waals surface area contributed by atoms with Crippen molar-refractivity contribution >= 4 is 23.2 Å². The Kier molecular flexibility index (Phi) is 0.751. The summed E-state index contributed by atoms with van der Waals surface area (Å²) < 4.78 is 0. The summed E-state index contributed by atoms with van der Waals surface area (Å²) in [6, 6.07) is 0. The Morgan fingerprint density at radius 3 is 1.56 bits per heavy atom. The number of halogens is 2. The lowest BCUT2D eigenvalue weighted by Gasteiger charge is -2.07. The molecule has 4 bridgehead atoms. The smallest absolute Gasteiger partial charge is 0.0412 e.